The van der Waals surface area contributed by atoms with Gasteiger partial charge in [-0.15, -0.1) is 0 Å². The fourth-order valence-corrected chi connectivity index (χ4v) is 2.13. The molecule has 22 heavy (non-hydrogen) atoms. The van der Waals surface area contributed by atoms with Gasteiger partial charge in [-0.25, -0.2) is 0 Å². The lowest BCUT2D eigenvalue weighted by atomic mass is 10.1. The fourth-order valence-electron chi connectivity index (χ4n) is 2.13. The molecule has 0 spiro atoms. The first-order valence-corrected chi connectivity index (χ1v) is 8.65. The van der Waals surface area contributed by atoms with Crippen molar-refractivity contribution in [2.45, 2.75) is 77.7 Å². The van der Waals surface area contributed by atoms with E-state index >= 15 is 0 Å². The lowest BCUT2D eigenvalue weighted by Crippen LogP contribution is -2.27. The summed E-state index contributed by atoms with van der Waals surface area (Å²) in [4.78, 5) is 11.6. The third-order valence-electron chi connectivity index (χ3n) is 3.46. The SMILES string of the molecule is CCCCC/C(=C/NCC(O)CCCCC)NC(=O)CCO. The van der Waals surface area contributed by atoms with E-state index in [1.807, 2.05) is 0 Å². The van der Waals surface area contributed by atoms with Crippen molar-refractivity contribution >= 4 is 5.91 Å². The van der Waals surface area contributed by atoms with Crippen molar-refractivity contribution in [2.24, 2.45) is 0 Å². The average molecular weight is 314 g/mol. The van der Waals surface area contributed by atoms with E-state index in [0.29, 0.717) is 6.54 Å². The highest BCUT2D eigenvalue weighted by atomic mass is 16.3. The molecule has 0 saturated heterocycles. The second-order valence-electron chi connectivity index (χ2n) is 5.71. The molecule has 0 aromatic heterocycles. The largest absolute Gasteiger partial charge is 0.396 e. The molecule has 4 N–H and O–H groups in total. The number of carbonyl (C=O) groups excluding carboxylic acids is 1. The number of unbranched alkanes of at least 4 members (excludes halogenated alkanes) is 4. The number of amides is 1. The highest BCUT2D eigenvalue weighted by Crippen LogP contribution is 2.07. The van der Waals surface area contributed by atoms with Crippen LogP contribution in [0.4, 0.5) is 0 Å². The molecule has 1 atom stereocenters. The van der Waals surface area contributed by atoms with Gasteiger partial charge in [-0.1, -0.05) is 46.0 Å². The van der Waals surface area contributed by atoms with Crippen LogP contribution in [0.1, 0.15) is 71.6 Å². The molecule has 0 radical (unpaired) electrons. The number of rotatable bonds is 14. The van der Waals surface area contributed by atoms with Gasteiger partial charge in [0.05, 0.1) is 19.1 Å². The Morgan fingerprint density at radius 1 is 1.09 bits per heavy atom. The third-order valence-corrected chi connectivity index (χ3v) is 3.46. The van der Waals surface area contributed by atoms with Crippen LogP contribution >= 0.6 is 0 Å². The van der Waals surface area contributed by atoms with Crippen molar-refractivity contribution in [2.75, 3.05) is 13.2 Å². The number of hydrogen-bond donors (Lipinski definition) is 4. The Balaban J connectivity index is 4.18. The molecular weight excluding hydrogens is 280 g/mol. The molecule has 0 aromatic rings. The molecule has 130 valence electrons. The van der Waals surface area contributed by atoms with E-state index in [1.165, 1.54) is 0 Å². The van der Waals surface area contributed by atoms with Crippen LogP contribution in [0.2, 0.25) is 0 Å². The average Bonchev–Trinajstić information content (AvgIpc) is 2.47. The predicted octanol–water partition coefficient (Wildman–Crippen LogP) is 2.44. The number of allylic oxidation sites excluding steroid dienone is 1. The summed E-state index contributed by atoms with van der Waals surface area (Å²) in [5.41, 5.74) is 0.827. The zero-order valence-corrected chi connectivity index (χ0v) is 14.2. The molecule has 1 amide bonds. The standard InChI is InChI=1S/C17H34N2O3/c1-3-5-7-9-15(19-17(22)11-12-20)13-18-14-16(21)10-8-6-4-2/h13,16,18,20-21H,3-12,14H2,1-2H3,(H,19,22)/b15-13-. The minimum Gasteiger partial charge on any atom is -0.396 e. The monoisotopic (exact) mass is 314 g/mol. The van der Waals surface area contributed by atoms with Crippen molar-refractivity contribution in [1.82, 2.24) is 10.6 Å². The second-order valence-corrected chi connectivity index (χ2v) is 5.71. The van der Waals surface area contributed by atoms with Crippen molar-refractivity contribution < 1.29 is 15.0 Å². The maximum atomic E-state index is 11.6. The number of carbonyl (C=O) groups is 1. The van der Waals surface area contributed by atoms with E-state index in [0.717, 1.165) is 57.1 Å². The fraction of sp³-hybridized carbons (Fsp3) is 0.824. The Labute approximate surface area is 135 Å². The maximum absolute atomic E-state index is 11.6. The lowest BCUT2D eigenvalue weighted by molar-refractivity contribution is -0.121. The quantitative estimate of drug-likeness (QED) is 0.371. The van der Waals surface area contributed by atoms with E-state index in [-0.39, 0.29) is 25.0 Å². The number of aliphatic hydroxyl groups excluding tert-OH is 2. The summed E-state index contributed by atoms with van der Waals surface area (Å²) in [6, 6.07) is 0. The molecule has 1 unspecified atom stereocenters. The van der Waals surface area contributed by atoms with Gasteiger partial charge < -0.3 is 20.8 Å². The van der Waals surface area contributed by atoms with Crippen molar-refractivity contribution in [1.29, 1.82) is 0 Å². The Hall–Kier alpha value is -1.07. The van der Waals surface area contributed by atoms with Gasteiger partial charge in [0.2, 0.25) is 5.91 Å². The Bertz CT molecular complexity index is 306. The summed E-state index contributed by atoms with van der Waals surface area (Å²) in [6.07, 6.45) is 9.74. The Morgan fingerprint density at radius 2 is 1.77 bits per heavy atom. The van der Waals surface area contributed by atoms with E-state index in [1.54, 1.807) is 6.20 Å². The van der Waals surface area contributed by atoms with Gasteiger partial charge in [-0.05, 0) is 19.3 Å². The van der Waals surface area contributed by atoms with E-state index in [2.05, 4.69) is 24.5 Å². The van der Waals surface area contributed by atoms with Gasteiger partial charge in [0, 0.05) is 18.4 Å². The molecule has 0 saturated carbocycles. The molecule has 0 rings (SSSR count). The highest BCUT2D eigenvalue weighted by Gasteiger charge is 2.05. The van der Waals surface area contributed by atoms with Crippen LogP contribution < -0.4 is 10.6 Å². The normalized spacial score (nSPS) is 13.0. The van der Waals surface area contributed by atoms with Crippen LogP contribution in [0.3, 0.4) is 0 Å². The van der Waals surface area contributed by atoms with Gasteiger partial charge in [0.1, 0.15) is 0 Å². The molecule has 0 aliphatic heterocycles. The Morgan fingerprint density at radius 3 is 2.41 bits per heavy atom. The zero-order chi connectivity index (χ0) is 16.6. The van der Waals surface area contributed by atoms with Gasteiger partial charge in [-0.3, -0.25) is 4.79 Å². The van der Waals surface area contributed by atoms with Crippen LogP contribution in [0.15, 0.2) is 11.9 Å². The van der Waals surface area contributed by atoms with Crippen LogP contribution in [-0.4, -0.2) is 35.4 Å². The zero-order valence-electron chi connectivity index (χ0n) is 14.2. The number of nitrogens with one attached hydrogen (secondary N) is 2. The Kier molecular flexibility index (Phi) is 14.1. The lowest BCUT2D eigenvalue weighted by Gasteiger charge is -2.13. The first-order valence-electron chi connectivity index (χ1n) is 8.65. The highest BCUT2D eigenvalue weighted by molar-refractivity contribution is 5.77. The van der Waals surface area contributed by atoms with Gasteiger partial charge >= 0.3 is 0 Å². The smallest absolute Gasteiger partial charge is 0.226 e. The van der Waals surface area contributed by atoms with Crippen LogP contribution in [-0.2, 0) is 4.79 Å². The first kappa shape index (κ1) is 20.9. The van der Waals surface area contributed by atoms with Gasteiger partial charge in [-0.2, -0.15) is 0 Å². The molecule has 0 fully saturated rings. The van der Waals surface area contributed by atoms with E-state index in [9.17, 15) is 9.90 Å². The van der Waals surface area contributed by atoms with Gasteiger partial charge in [0.15, 0.2) is 0 Å². The molecular formula is C17H34N2O3. The summed E-state index contributed by atoms with van der Waals surface area (Å²) in [6.45, 7) is 4.64. The van der Waals surface area contributed by atoms with Crippen molar-refractivity contribution in [3.8, 4) is 0 Å². The van der Waals surface area contributed by atoms with Gasteiger partial charge in [0.25, 0.3) is 0 Å². The summed E-state index contributed by atoms with van der Waals surface area (Å²) < 4.78 is 0. The topological polar surface area (TPSA) is 81.6 Å². The van der Waals surface area contributed by atoms with Crippen LogP contribution in [0.25, 0.3) is 0 Å². The summed E-state index contributed by atoms with van der Waals surface area (Å²) >= 11 is 0. The molecule has 0 aliphatic carbocycles. The summed E-state index contributed by atoms with van der Waals surface area (Å²) in [5, 5.41) is 24.6. The molecule has 0 aromatic carbocycles. The molecule has 0 bridgehead atoms. The summed E-state index contributed by atoms with van der Waals surface area (Å²) in [7, 11) is 0. The van der Waals surface area contributed by atoms with Crippen LogP contribution in [0, 0.1) is 0 Å². The molecule has 0 aliphatic rings. The minimum absolute atomic E-state index is 0.116. The number of aliphatic hydroxyl groups is 2. The molecule has 0 heterocycles. The second kappa shape index (κ2) is 14.9. The third kappa shape index (κ3) is 12.7. The maximum Gasteiger partial charge on any atom is 0.226 e. The molecule has 5 nitrogen and oxygen atoms in total. The van der Waals surface area contributed by atoms with Crippen molar-refractivity contribution in [3.05, 3.63) is 11.9 Å². The number of hydrogen-bond acceptors (Lipinski definition) is 4. The van der Waals surface area contributed by atoms with Crippen LogP contribution in [0.5, 0.6) is 0 Å². The summed E-state index contributed by atoms with van der Waals surface area (Å²) in [5.74, 6) is -0.171. The van der Waals surface area contributed by atoms with Crippen molar-refractivity contribution in [3.63, 3.8) is 0 Å². The van der Waals surface area contributed by atoms with E-state index in [4.69, 9.17) is 5.11 Å². The molecule has 5 heteroatoms. The predicted molar refractivity (Wildman–Crippen MR) is 90.2 cm³/mol. The van der Waals surface area contributed by atoms with E-state index < -0.39 is 0 Å². The first-order chi connectivity index (χ1) is 10.6. The minimum atomic E-state index is -0.354.